The molecule has 1 aliphatic heterocycles. The number of amides is 1. The van der Waals surface area contributed by atoms with E-state index in [9.17, 15) is 13.6 Å². The summed E-state index contributed by atoms with van der Waals surface area (Å²) in [6.45, 7) is 1.28. The first kappa shape index (κ1) is 17.8. The molecule has 3 rings (SSSR count). The number of nitrogens with zero attached hydrogens (tertiary/aromatic N) is 1. The number of hydrogen-bond donors (Lipinski definition) is 0. The second-order valence-corrected chi connectivity index (χ2v) is 6.46. The molecule has 132 valence electrons. The Morgan fingerprint density at radius 3 is 2.76 bits per heavy atom. The Balaban J connectivity index is 1.60. The van der Waals surface area contributed by atoms with Gasteiger partial charge in [-0.15, -0.1) is 0 Å². The van der Waals surface area contributed by atoms with Gasteiger partial charge in [-0.1, -0.05) is 29.8 Å². The molecule has 1 aliphatic rings. The molecule has 25 heavy (non-hydrogen) atoms. The highest BCUT2D eigenvalue weighted by Crippen LogP contribution is 2.21. The van der Waals surface area contributed by atoms with Gasteiger partial charge in [0.15, 0.2) is 11.6 Å². The second-order valence-electron chi connectivity index (χ2n) is 6.05. The van der Waals surface area contributed by atoms with Gasteiger partial charge in [0.05, 0.1) is 23.3 Å². The second kappa shape index (κ2) is 7.93. The Labute approximate surface area is 150 Å². The first-order chi connectivity index (χ1) is 12.0. The summed E-state index contributed by atoms with van der Waals surface area (Å²) in [5, 5.41) is 0.428. The first-order valence-corrected chi connectivity index (χ1v) is 8.51. The van der Waals surface area contributed by atoms with Crippen molar-refractivity contribution in [2.45, 2.75) is 25.6 Å². The van der Waals surface area contributed by atoms with Crippen LogP contribution in [0.2, 0.25) is 5.02 Å². The molecular weight excluding hydrogens is 348 g/mol. The van der Waals surface area contributed by atoms with Crippen molar-refractivity contribution >= 4 is 17.5 Å². The molecule has 0 bridgehead atoms. The number of hydrogen-bond acceptors (Lipinski definition) is 2. The molecule has 6 heteroatoms. The summed E-state index contributed by atoms with van der Waals surface area (Å²) in [5.41, 5.74) is 1.04. The van der Waals surface area contributed by atoms with Crippen LogP contribution in [0.5, 0.6) is 0 Å². The van der Waals surface area contributed by atoms with Gasteiger partial charge >= 0.3 is 0 Å². The third kappa shape index (κ3) is 4.35. The van der Waals surface area contributed by atoms with Crippen LogP contribution in [0.3, 0.4) is 0 Å². The van der Waals surface area contributed by atoms with Crippen LogP contribution in [0.15, 0.2) is 42.5 Å². The van der Waals surface area contributed by atoms with Crippen molar-refractivity contribution in [3.8, 4) is 0 Å². The van der Waals surface area contributed by atoms with Gasteiger partial charge in [-0.3, -0.25) is 4.79 Å². The SMILES string of the molecule is O=C(c1ccccc1Cl)N1CCCC(OCc2ccc(F)c(F)c2)C1. The third-order valence-electron chi connectivity index (χ3n) is 4.24. The number of benzene rings is 2. The highest BCUT2D eigenvalue weighted by molar-refractivity contribution is 6.33. The Morgan fingerprint density at radius 2 is 2.00 bits per heavy atom. The summed E-state index contributed by atoms with van der Waals surface area (Å²) >= 11 is 6.10. The van der Waals surface area contributed by atoms with Crippen LogP contribution in [0, 0.1) is 11.6 Å². The number of carbonyl (C=O) groups excluding carboxylic acids is 1. The average molecular weight is 366 g/mol. The minimum atomic E-state index is -0.889. The van der Waals surface area contributed by atoms with E-state index in [2.05, 4.69) is 0 Å². The number of rotatable bonds is 4. The van der Waals surface area contributed by atoms with E-state index < -0.39 is 11.6 Å². The van der Waals surface area contributed by atoms with Gasteiger partial charge in [0.1, 0.15) is 0 Å². The maximum absolute atomic E-state index is 13.2. The largest absolute Gasteiger partial charge is 0.372 e. The molecule has 1 unspecified atom stereocenters. The standard InChI is InChI=1S/C19H18ClF2NO2/c20-16-6-2-1-5-15(16)19(24)23-9-3-4-14(11-23)25-12-13-7-8-17(21)18(22)10-13/h1-2,5-8,10,14H,3-4,9,11-12H2. The molecule has 0 N–H and O–H groups in total. The Morgan fingerprint density at radius 1 is 1.20 bits per heavy atom. The Kier molecular flexibility index (Phi) is 5.66. The molecule has 0 aromatic heterocycles. The van der Waals surface area contributed by atoms with Crippen molar-refractivity contribution in [1.82, 2.24) is 4.90 Å². The van der Waals surface area contributed by atoms with Crippen LogP contribution >= 0.6 is 11.6 Å². The van der Waals surface area contributed by atoms with Gasteiger partial charge in [0, 0.05) is 13.1 Å². The van der Waals surface area contributed by atoms with Gasteiger partial charge in [0.2, 0.25) is 0 Å². The van der Waals surface area contributed by atoms with Crippen LogP contribution in [-0.2, 0) is 11.3 Å². The summed E-state index contributed by atoms with van der Waals surface area (Å²) in [7, 11) is 0. The summed E-state index contributed by atoms with van der Waals surface area (Å²) in [6, 6.07) is 10.7. The predicted molar refractivity (Wildman–Crippen MR) is 91.5 cm³/mol. The third-order valence-corrected chi connectivity index (χ3v) is 4.57. The van der Waals surface area contributed by atoms with Crippen molar-refractivity contribution in [3.63, 3.8) is 0 Å². The quantitative estimate of drug-likeness (QED) is 0.801. The summed E-state index contributed by atoms with van der Waals surface area (Å²) in [5.74, 6) is -1.88. The van der Waals surface area contributed by atoms with Gasteiger partial charge in [-0.2, -0.15) is 0 Å². The van der Waals surface area contributed by atoms with E-state index in [1.165, 1.54) is 6.07 Å². The Hall–Kier alpha value is -1.98. The Bertz CT molecular complexity index is 769. The monoisotopic (exact) mass is 365 g/mol. The molecule has 1 heterocycles. The molecule has 1 fully saturated rings. The molecule has 3 nitrogen and oxygen atoms in total. The highest BCUT2D eigenvalue weighted by Gasteiger charge is 2.26. The number of halogens is 3. The molecule has 0 saturated carbocycles. The van der Waals surface area contributed by atoms with Crippen LogP contribution in [-0.4, -0.2) is 30.0 Å². The molecular formula is C19H18ClF2NO2. The van der Waals surface area contributed by atoms with Crippen LogP contribution in [0.4, 0.5) is 8.78 Å². The molecule has 0 spiro atoms. The van der Waals surface area contributed by atoms with E-state index in [1.54, 1.807) is 29.2 Å². The van der Waals surface area contributed by atoms with Crippen molar-refractivity contribution in [2.75, 3.05) is 13.1 Å². The van der Waals surface area contributed by atoms with E-state index in [0.29, 0.717) is 29.2 Å². The van der Waals surface area contributed by atoms with Gasteiger partial charge in [0.25, 0.3) is 5.91 Å². The number of piperidine rings is 1. The minimum absolute atomic E-state index is 0.119. The van der Waals surface area contributed by atoms with Crippen molar-refractivity contribution in [3.05, 3.63) is 70.2 Å². The zero-order valence-electron chi connectivity index (χ0n) is 13.6. The number of likely N-dealkylation sites (tertiary alicyclic amines) is 1. The van der Waals surface area contributed by atoms with Crippen LogP contribution in [0.1, 0.15) is 28.8 Å². The molecule has 1 atom stereocenters. The van der Waals surface area contributed by atoms with Gasteiger partial charge < -0.3 is 9.64 Å². The minimum Gasteiger partial charge on any atom is -0.372 e. The fraction of sp³-hybridized carbons (Fsp3) is 0.316. The highest BCUT2D eigenvalue weighted by atomic mass is 35.5. The number of carbonyl (C=O) groups is 1. The lowest BCUT2D eigenvalue weighted by Crippen LogP contribution is -2.43. The number of ether oxygens (including phenoxy) is 1. The first-order valence-electron chi connectivity index (χ1n) is 8.14. The van der Waals surface area contributed by atoms with Crippen molar-refractivity contribution < 1.29 is 18.3 Å². The van der Waals surface area contributed by atoms with E-state index in [4.69, 9.17) is 16.3 Å². The normalized spacial score (nSPS) is 17.6. The zero-order valence-corrected chi connectivity index (χ0v) is 14.3. The van der Waals surface area contributed by atoms with Crippen LogP contribution < -0.4 is 0 Å². The molecule has 0 radical (unpaired) electrons. The topological polar surface area (TPSA) is 29.5 Å². The fourth-order valence-corrected chi connectivity index (χ4v) is 3.12. The smallest absolute Gasteiger partial charge is 0.255 e. The van der Waals surface area contributed by atoms with E-state index in [-0.39, 0.29) is 18.6 Å². The van der Waals surface area contributed by atoms with Crippen molar-refractivity contribution in [1.29, 1.82) is 0 Å². The van der Waals surface area contributed by atoms with E-state index in [0.717, 1.165) is 25.0 Å². The molecule has 2 aromatic rings. The lowest BCUT2D eigenvalue weighted by Gasteiger charge is -2.33. The summed E-state index contributed by atoms with van der Waals surface area (Å²) in [4.78, 5) is 14.3. The molecule has 1 saturated heterocycles. The van der Waals surface area contributed by atoms with Gasteiger partial charge in [-0.05, 0) is 42.7 Å². The maximum Gasteiger partial charge on any atom is 0.255 e. The molecule has 1 amide bonds. The maximum atomic E-state index is 13.2. The van der Waals surface area contributed by atoms with Crippen molar-refractivity contribution in [2.24, 2.45) is 0 Å². The van der Waals surface area contributed by atoms with Gasteiger partial charge in [-0.25, -0.2) is 8.78 Å². The fourth-order valence-electron chi connectivity index (χ4n) is 2.91. The summed E-state index contributed by atoms with van der Waals surface area (Å²) < 4.78 is 32.0. The average Bonchev–Trinajstić information content (AvgIpc) is 2.63. The zero-order chi connectivity index (χ0) is 17.8. The lowest BCUT2D eigenvalue weighted by atomic mass is 10.1. The summed E-state index contributed by atoms with van der Waals surface area (Å²) in [6.07, 6.45) is 1.49. The van der Waals surface area contributed by atoms with E-state index >= 15 is 0 Å². The lowest BCUT2D eigenvalue weighted by molar-refractivity contribution is -0.00681. The van der Waals surface area contributed by atoms with Crippen LogP contribution in [0.25, 0.3) is 0 Å². The predicted octanol–water partition coefficient (Wildman–Crippen LogP) is 4.44. The molecule has 2 aromatic carbocycles. The van der Waals surface area contributed by atoms with E-state index in [1.807, 2.05) is 0 Å². The molecule has 0 aliphatic carbocycles.